The van der Waals surface area contributed by atoms with E-state index in [1.54, 1.807) is 7.11 Å². The predicted molar refractivity (Wildman–Crippen MR) is 93.1 cm³/mol. The normalized spacial score (nSPS) is 17.0. The van der Waals surface area contributed by atoms with Gasteiger partial charge in [0.05, 0.1) is 12.8 Å². The maximum Gasteiger partial charge on any atom is 0.209 e. The number of hydrogen-bond acceptors (Lipinski definition) is 4. The summed E-state index contributed by atoms with van der Waals surface area (Å²) in [5.74, 6) is 1.68. The number of rotatable bonds is 6. The monoisotopic (exact) mass is 316 g/mol. The van der Waals surface area contributed by atoms with Crippen molar-refractivity contribution in [3.8, 4) is 5.75 Å². The van der Waals surface area contributed by atoms with Crippen molar-refractivity contribution in [3.63, 3.8) is 0 Å². The van der Waals surface area contributed by atoms with Gasteiger partial charge in [-0.1, -0.05) is 24.6 Å². The highest BCUT2D eigenvalue weighted by molar-refractivity contribution is 5.86. The van der Waals surface area contributed by atoms with Gasteiger partial charge in [-0.2, -0.15) is 0 Å². The van der Waals surface area contributed by atoms with Crippen LogP contribution in [0.25, 0.3) is 11.0 Å². The van der Waals surface area contributed by atoms with Gasteiger partial charge < -0.3 is 14.2 Å². The summed E-state index contributed by atoms with van der Waals surface area (Å²) in [6.07, 6.45) is 6.91. The van der Waals surface area contributed by atoms with Gasteiger partial charge in [-0.25, -0.2) is 0 Å². The Kier molecular flexibility index (Phi) is 5.21. The Hall–Kier alpha value is -1.55. The van der Waals surface area contributed by atoms with Gasteiger partial charge in [0.25, 0.3) is 0 Å². The third-order valence-electron chi connectivity index (χ3n) is 5.10. The van der Waals surface area contributed by atoms with Crippen molar-refractivity contribution >= 4 is 11.0 Å². The smallest absolute Gasteiger partial charge is 0.209 e. The zero-order chi connectivity index (χ0) is 16.2. The lowest BCUT2D eigenvalue weighted by molar-refractivity contribution is 0.212. The maximum absolute atomic E-state index is 5.63. The first-order valence-electron chi connectivity index (χ1n) is 8.85. The third-order valence-corrected chi connectivity index (χ3v) is 5.10. The molecule has 1 aromatic heterocycles. The summed E-state index contributed by atoms with van der Waals surface area (Å²) in [6.45, 7) is 4.62. The van der Waals surface area contributed by atoms with Gasteiger partial charge in [-0.05, 0) is 69.8 Å². The van der Waals surface area contributed by atoms with Gasteiger partial charge in [-0.3, -0.25) is 0 Å². The molecule has 0 amide bonds. The highest BCUT2D eigenvalue weighted by atomic mass is 16.5. The lowest BCUT2D eigenvalue weighted by Crippen LogP contribution is -2.30. The van der Waals surface area contributed by atoms with E-state index >= 15 is 0 Å². The molecule has 1 saturated heterocycles. The fourth-order valence-electron chi connectivity index (χ4n) is 3.63. The molecule has 1 aliphatic heterocycles. The third kappa shape index (κ3) is 3.52. The van der Waals surface area contributed by atoms with Gasteiger partial charge in [0.15, 0.2) is 5.75 Å². The summed E-state index contributed by atoms with van der Waals surface area (Å²) in [5, 5.41) is 5.46. The molecule has 0 bridgehead atoms. The highest BCUT2D eigenvalue weighted by Crippen LogP contribution is 2.33. The van der Waals surface area contributed by atoms with E-state index in [2.05, 4.69) is 36.2 Å². The average molecular weight is 316 g/mol. The Morgan fingerprint density at radius 2 is 2.04 bits per heavy atom. The van der Waals surface area contributed by atoms with Crippen LogP contribution in [0.1, 0.15) is 43.9 Å². The number of ether oxygens (including phenoxy) is 1. The number of methoxy groups -OCH3 is 1. The largest absolute Gasteiger partial charge is 0.492 e. The number of likely N-dealkylation sites (tertiary alicyclic amines) is 1. The van der Waals surface area contributed by atoms with E-state index in [0.717, 1.165) is 47.6 Å². The molecule has 0 atom stereocenters. The molecule has 1 aliphatic rings. The Morgan fingerprint density at radius 3 is 2.74 bits per heavy atom. The lowest BCUT2D eigenvalue weighted by atomic mass is 9.91. The SMILES string of the molecule is CCCc1ccc2c(CCC3CCN(C)CC3)noc2c1OC. The molecule has 3 rings (SSSR count). The minimum Gasteiger partial charge on any atom is -0.492 e. The lowest BCUT2D eigenvalue weighted by Gasteiger charge is -2.28. The number of benzene rings is 1. The molecule has 1 fully saturated rings. The van der Waals surface area contributed by atoms with E-state index in [1.165, 1.54) is 37.9 Å². The van der Waals surface area contributed by atoms with Crippen LogP contribution in [-0.4, -0.2) is 37.3 Å². The summed E-state index contributed by atoms with van der Waals surface area (Å²) in [6, 6.07) is 4.32. The fraction of sp³-hybridized carbons (Fsp3) is 0.632. The molecule has 4 nitrogen and oxygen atoms in total. The van der Waals surface area contributed by atoms with Crippen molar-refractivity contribution in [2.75, 3.05) is 27.2 Å². The first-order chi connectivity index (χ1) is 11.2. The number of piperidine rings is 1. The van der Waals surface area contributed by atoms with E-state index in [0.29, 0.717) is 0 Å². The van der Waals surface area contributed by atoms with Crippen molar-refractivity contribution in [1.29, 1.82) is 0 Å². The molecule has 1 aromatic carbocycles. The van der Waals surface area contributed by atoms with Crippen molar-refractivity contribution in [2.24, 2.45) is 5.92 Å². The van der Waals surface area contributed by atoms with Gasteiger partial charge in [0, 0.05) is 5.39 Å². The van der Waals surface area contributed by atoms with E-state index in [1.807, 2.05) is 0 Å². The minimum atomic E-state index is 0.817. The second kappa shape index (κ2) is 7.35. The van der Waals surface area contributed by atoms with Crippen molar-refractivity contribution in [3.05, 3.63) is 23.4 Å². The maximum atomic E-state index is 5.63. The first-order valence-corrected chi connectivity index (χ1v) is 8.85. The molecule has 0 saturated carbocycles. The zero-order valence-electron chi connectivity index (χ0n) is 14.6. The molecular formula is C19H28N2O2. The second-order valence-electron chi connectivity index (χ2n) is 6.80. The number of hydrogen-bond donors (Lipinski definition) is 0. The Labute approximate surface area is 138 Å². The molecular weight excluding hydrogens is 288 g/mol. The number of aryl methyl sites for hydroxylation is 2. The summed E-state index contributed by atoms with van der Waals surface area (Å²) in [4.78, 5) is 2.42. The number of aromatic nitrogens is 1. The molecule has 126 valence electrons. The summed E-state index contributed by atoms with van der Waals surface area (Å²) in [7, 11) is 3.93. The molecule has 0 spiro atoms. The molecule has 4 heteroatoms. The molecule has 0 N–H and O–H groups in total. The van der Waals surface area contributed by atoms with Crippen LogP contribution in [0, 0.1) is 5.92 Å². The van der Waals surface area contributed by atoms with Gasteiger partial charge >= 0.3 is 0 Å². The molecule has 2 aromatic rings. The van der Waals surface area contributed by atoms with E-state index in [9.17, 15) is 0 Å². The standard InChI is InChI=1S/C19H28N2O2/c1-4-5-15-7-8-16-17(20-23-19(16)18(15)22-3)9-6-14-10-12-21(2)13-11-14/h7-8,14H,4-6,9-13H2,1-3H3. The first kappa shape index (κ1) is 16.3. The van der Waals surface area contributed by atoms with Crippen LogP contribution in [0.4, 0.5) is 0 Å². The van der Waals surface area contributed by atoms with Crippen molar-refractivity contribution in [1.82, 2.24) is 10.1 Å². The van der Waals surface area contributed by atoms with E-state index in [4.69, 9.17) is 9.26 Å². The Bertz CT molecular complexity index is 642. The highest BCUT2D eigenvalue weighted by Gasteiger charge is 2.19. The quantitative estimate of drug-likeness (QED) is 0.805. The van der Waals surface area contributed by atoms with Crippen molar-refractivity contribution in [2.45, 2.75) is 45.4 Å². The minimum absolute atomic E-state index is 0.817. The number of fused-ring (bicyclic) bond motifs is 1. The van der Waals surface area contributed by atoms with Crippen LogP contribution in [0.5, 0.6) is 5.75 Å². The summed E-state index contributed by atoms with van der Waals surface area (Å²) >= 11 is 0. The van der Waals surface area contributed by atoms with Gasteiger partial charge in [0.2, 0.25) is 5.58 Å². The summed E-state index contributed by atoms with van der Waals surface area (Å²) < 4.78 is 11.2. The van der Waals surface area contributed by atoms with Crippen LogP contribution >= 0.6 is 0 Å². The van der Waals surface area contributed by atoms with E-state index < -0.39 is 0 Å². The fourth-order valence-corrected chi connectivity index (χ4v) is 3.63. The molecule has 23 heavy (non-hydrogen) atoms. The van der Waals surface area contributed by atoms with Crippen LogP contribution in [0.15, 0.2) is 16.7 Å². The van der Waals surface area contributed by atoms with Crippen LogP contribution < -0.4 is 4.74 Å². The summed E-state index contributed by atoms with van der Waals surface area (Å²) in [5.41, 5.74) is 3.11. The molecule has 0 radical (unpaired) electrons. The van der Waals surface area contributed by atoms with Gasteiger partial charge in [-0.15, -0.1) is 0 Å². The Balaban J connectivity index is 1.74. The van der Waals surface area contributed by atoms with Crippen molar-refractivity contribution < 1.29 is 9.26 Å². The predicted octanol–water partition coefficient (Wildman–Crippen LogP) is 4.06. The second-order valence-corrected chi connectivity index (χ2v) is 6.80. The zero-order valence-corrected chi connectivity index (χ0v) is 14.6. The Morgan fingerprint density at radius 1 is 1.26 bits per heavy atom. The van der Waals surface area contributed by atoms with E-state index in [-0.39, 0.29) is 0 Å². The average Bonchev–Trinajstić information content (AvgIpc) is 2.97. The van der Waals surface area contributed by atoms with Gasteiger partial charge in [0.1, 0.15) is 0 Å². The van der Waals surface area contributed by atoms with Crippen LogP contribution in [0.2, 0.25) is 0 Å². The number of nitrogens with zero attached hydrogens (tertiary/aromatic N) is 2. The molecule has 0 aliphatic carbocycles. The van der Waals surface area contributed by atoms with Crippen LogP contribution in [0.3, 0.4) is 0 Å². The van der Waals surface area contributed by atoms with Crippen LogP contribution in [-0.2, 0) is 12.8 Å². The molecule has 2 heterocycles. The topological polar surface area (TPSA) is 38.5 Å². The molecule has 0 unspecified atom stereocenters.